The zero-order valence-electron chi connectivity index (χ0n) is 27.2. The number of hydrogen-bond acceptors (Lipinski definition) is 9. The molecule has 1 atom stereocenters. The number of benzene rings is 2. The third kappa shape index (κ3) is 8.22. The maximum Gasteiger partial charge on any atom is 0.410 e. The predicted octanol–water partition coefficient (Wildman–Crippen LogP) is 7.00. The van der Waals surface area contributed by atoms with Gasteiger partial charge in [0.1, 0.15) is 11.4 Å². The van der Waals surface area contributed by atoms with Crippen LogP contribution >= 0.6 is 0 Å². The van der Waals surface area contributed by atoms with Gasteiger partial charge >= 0.3 is 6.09 Å². The average Bonchev–Trinajstić information content (AvgIpc) is 2.97. The highest BCUT2D eigenvalue weighted by Gasteiger charge is 2.28. The van der Waals surface area contributed by atoms with Gasteiger partial charge in [0.25, 0.3) is 0 Å². The quantitative estimate of drug-likeness (QED) is 0.197. The molecule has 0 bridgehead atoms. The molecule has 4 aromatic rings. The second-order valence-corrected chi connectivity index (χ2v) is 14.8. The van der Waals surface area contributed by atoms with Crippen LogP contribution in [-0.4, -0.2) is 64.8 Å². The van der Waals surface area contributed by atoms with Gasteiger partial charge in [-0.3, -0.25) is 4.72 Å². The normalized spacial score (nSPS) is 15.5. The molecule has 244 valence electrons. The standard InChI is InChI=1S/C34H42N6O5S/c1-22(2)21-46(42,43)39-29-13-7-11-26-25(29)15-14-23(3)30(26)44-31-27(12-8-17-35-31)28-16-18-36-32(38-28)37-24-10-9-19-40(20-24)33(41)45-34(4,5)6/h7-8,11-18,22,24,39H,9-10,19-21H2,1-6H3,(H,36,37,38)/t24-/m0/s1. The van der Waals surface area contributed by atoms with Crippen LogP contribution in [0.4, 0.5) is 16.4 Å². The number of aromatic nitrogens is 3. The lowest BCUT2D eigenvalue weighted by molar-refractivity contribution is 0.0206. The number of nitrogens with zero attached hydrogens (tertiary/aromatic N) is 4. The van der Waals surface area contributed by atoms with Gasteiger partial charge in [-0.05, 0) is 76.3 Å². The molecule has 1 amide bonds. The Bertz CT molecular complexity index is 1820. The molecule has 1 saturated heterocycles. The van der Waals surface area contributed by atoms with Crippen LogP contribution in [0, 0.1) is 12.8 Å². The van der Waals surface area contributed by atoms with E-state index in [1.807, 2.05) is 71.9 Å². The lowest BCUT2D eigenvalue weighted by Gasteiger charge is -2.34. The molecule has 2 aromatic carbocycles. The molecule has 0 spiro atoms. The summed E-state index contributed by atoms with van der Waals surface area (Å²) in [6.07, 6.45) is 4.70. The number of fused-ring (bicyclic) bond motifs is 1. The van der Waals surface area contributed by atoms with Gasteiger partial charge < -0.3 is 19.7 Å². The van der Waals surface area contributed by atoms with Crippen LogP contribution < -0.4 is 14.8 Å². The predicted molar refractivity (Wildman–Crippen MR) is 181 cm³/mol. The number of anilines is 2. The minimum atomic E-state index is -3.53. The molecular weight excluding hydrogens is 604 g/mol. The molecule has 12 heteroatoms. The van der Waals surface area contributed by atoms with E-state index in [4.69, 9.17) is 14.5 Å². The van der Waals surface area contributed by atoms with Gasteiger partial charge in [0.05, 0.1) is 22.7 Å². The molecule has 5 rings (SSSR count). The number of hydrogen-bond donors (Lipinski definition) is 2. The number of carbonyl (C=O) groups excluding carboxylic acids is 1. The van der Waals surface area contributed by atoms with Crippen molar-refractivity contribution in [1.82, 2.24) is 19.9 Å². The smallest absolute Gasteiger partial charge is 0.410 e. The fourth-order valence-corrected chi connectivity index (χ4v) is 6.90. The molecule has 2 N–H and O–H groups in total. The maximum absolute atomic E-state index is 12.8. The van der Waals surface area contributed by atoms with Crippen molar-refractivity contribution in [2.45, 2.75) is 66.0 Å². The summed E-state index contributed by atoms with van der Waals surface area (Å²) in [5, 5.41) is 4.85. The largest absolute Gasteiger partial charge is 0.444 e. The summed E-state index contributed by atoms with van der Waals surface area (Å²) in [5.74, 6) is 1.36. The molecule has 3 heterocycles. The van der Waals surface area contributed by atoms with Crippen LogP contribution in [0.5, 0.6) is 11.6 Å². The summed E-state index contributed by atoms with van der Waals surface area (Å²) in [6, 6.07) is 14.7. The van der Waals surface area contributed by atoms with Crippen molar-refractivity contribution in [3.8, 4) is 22.9 Å². The van der Waals surface area contributed by atoms with E-state index >= 15 is 0 Å². The molecule has 1 aliphatic rings. The van der Waals surface area contributed by atoms with Crippen molar-refractivity contribution in [1.29, 1.82) is 0 Å². The summed E-state index contributed by atoms with van der Waals surface area (Å²) in [4.78, 5) is 28.1. The van der Waals surface area contributed by atoms with Crippen molar-refractivity contribution >= 4 is 38.5 Å². The van der Waals surface area contributed by atoms with Gasteiger partial charge in [-0.15, -0.1) is 0 Å². The Kier molecular flexibility index (Phi) is 9.66. The number of piperidine rings is 1. The van der Waals surface area contributed by atoms with Gasteiger partial charge in [0.15, 0.2) is 0 Å². The summed E-state index contributed by atoms with van der Waals surface area (Å²) < 4.78 is 40.3. The van der Waals surface area contributed by atoms with Crippen molar-refractivity contribution in [3.05, 3.63) is 66.5 Å². The van der Waals surface area contributed by atoms with Crippen LogP contribution in [0.15, 0.2) is 60.9 Å². The number of sulfonamides is 1. The number of nitrogens with one attached hydrogen (secondary N) is 2. The minimum Gasteiger partial charge on any atom is -0.444 e. The first kappa shape index (κ1) is 32.9. The van der Waals surface area contributed by atoms with E-state index in [1.54, 1.807) is 35.5 Å². The summed E-state index contributed by atoms with van der Waals surface area (Å²) in [6.45, 7) is 12.4. The maximum atomic E-state index is 12.8. The zero-order chi connectivity index (χ0) is 33.1. The monoisotopic (exact) mass is 646 g/mol. The van der Waals surface area contributed by atoms with Gasteiger partial charge in [0, 0.05) is 42.3 Å². The topological polar surface area (TPSA) is 136 Å². The van der Waals surface area contributed by atoms with Crippen LogP contribution in [0.1, 0.15) is 53.0 Å². The van der Waals surface area contributed by atoms with Gasteiger partial charge in [-0.1, -0.05) is 38.1 Å². The van der Waals surface area contributed by atoms with E-state index in [0.717, 1.165) is 23.8 Å². The van der Waals surface area contributed by atoms with E-state index in [0.29, 0.717) is 53.0 Å². The molecule has 46 heavy (non-hydrogen) atoms. The van der Waals surface area contributed by atoms with Crippen LogP contribution in [0.2, 0.25) is 0 Å². The van der Waals surface area contributed by atoms with E-state index in [2.05, 4.69) is 20.0 Å². The van der Waals surface area contributed by atoms with Crippen LogP contribution in [0.25, 0.3) is 22.0 Å². The molecule has 0 unspecified atom stereocenters. The Morgan fingerprint density at radius 3 is 2.61 bits per heavy atom. The molecule has 11 nitrogen and oxygen atoms in total. The van der Waals surface area contributed by atoms with Crippen molar-refractivity contribution in [2.75, 3.05) is 28.9 Å². The Morgan fingerprint density at radius 2 is 1.85 bits per heavy atom. The molecule has 1 fully saturated rings. The number of pyridine rings is 1. The van der Waals surface area contributed by atoms with E-state index < -0.39 is 15.6 Å². The number of carbonyl (C=O) groups is 1. The molecular formula is C34H42N6O5S. The molecule has 0 radical (unpaired) electrons. The highest BCUT2D eigenvalue weighted by molar-refractivity contribution is 7.92. The van der Waals surface area contributed by atoms with Crippen LogP contribution in [-0.2, 0) is 14.8 Å². The van der Waals surface area contributed by atoms with Crippen LogP contribution in [0.3, 0.4) is 0 Å². The zero-order valence-corrected chi connectivity index (χ0v) is 28.0. The third-order valence-corrected chi connectivity index (χ3v) is 8.97. The molecule has 2 aromatic heterocycles. The number of likely N-dealkylation sites (tertiary alicyclic amines) is 1. The first-order valence-electron chi connectivity index (χ1n) is 15.5. The molecule has 1 aliphatic heterocycles. The Hall–Kier alpha value is -4.45. The van der Waals surface area contributed by atoms with Gasteiger partial charge in [0.2, 0.25) is 21.9 Å². The Morgan fingerprint density at radius 1 is 1.04 bits per heavy atom. The number of rotatable bonds is 9. The first-order chi connectivity index (χ1) is 21.8. The lowest BCUT2D eigenvalue weighted by atomic mass is 10.0. The van der Waals surface area contributed by atoms with Gasteiger partial charge in [-0.25, -0.2) is 28.2 Å². The SMILES string of the molecule is Cc1ccc2c(NS(=O)(=O)CC(C)C)cccc2c1Oc1ncccc1-c1ccnc(N[C@H]2CCCN(C(=O)OC(C)(C)C)C2)n1. The summed E-state index contributed by atoms with van der Waals surface area (Å²) in [7, 11) is -3.53. The number of aryl methyl sites for hydroxylation is 1. The van der Waals surface area contributed by atoms with E-state index in [9.17, 15) is 13.2 Å². The molecule has 0 saturated carbocycles. The Labute approximate surface area is 270 Å². The fourth-order valence-electron chi connectivity index (χ4n) is 5.42. The van der Waals surface area contributed by atoms with Crippen molar-refractivity contribution in [3.63, 3.8) is 0 Å². The number of ether oxygens (including phenoxy) is 2. The van der Waals surface area contributed by atoms with Crippen molar-refractivity contribution in [2.24, 2.45) is 5.92 Å². The van der Waals surface area contributed by atoms with E-state index in [1.165, 1.54) is 0 Å². The number of amides is 1. The first-order valence-corrected chi connectivity index (χ1v) is 17.2. The average molecular weight is 647 g/mol. The van der Waals surface area contributed by atoms with E-state index in [-0.39, 0.29) is 23.8 Å². The van der Waals surface area contributed by atoms with Gasteiger partial charge in [-0.2, -0.15) is 0 Å². The second-order valence-electron chi connectivity index (χ2n) is 13.0. The highest BCUT2D eigenvalue weighted by Crippen LogP contribution is 2.39. The highest BCUT2D eigenvalue weighted by atomic mass is 32.2. The fraction of sp³-hybridized carbons (Fsp3) is 0.412. The Balaban J connectivity index is 1.39. The van der Waals surface area contributed by atoms with Crippen molar-refractivity contribution < 1.29 is 22.7 Å². The second kappa shape index (κ2) is 13.5. The molecule has 0 aliphatic carbocycles. The summed E-state index contributed by atoms with van der Waals surface area (Å²) in [5.41, 5.74) is 2.07. The minimum absolute atomic E-state index is 0.0108. The lowest BCUT2D eigenvalue weighted by Crippen LogP contribution is -2.47. The summed E-state index contributed by atoms with van der Waals surface area (Å²) >= 11 is 0. The third-order valence-electron chi connectivity index (χ3n) is 7.33.